The average Bonchev–Trinajstić information content (AvgIpc) is 3.43. The third-order valence-electron chi connectivity index (χ3n) is 6.97. The van der Waals surface area contributed by atoms with Gasteiger partial charge in [0, 0.05) is 24.6 Å². The minimum absolute atomic E-state index is 0.172. The molecular weight excluding hydrogens is 697 g/mol. The maximum absolute atomic E-state index is 13.8. The molecule has 1 N–H and O–H groups in total. The molecule has 18 nitrogen and oxygen atoms in total. The summed E-state index contributed by atoms with van der Waals surface area (Å²) in [6.07, 6.45) is 0.365. The van der Waals surface area contributed by atoms with E-state index in [0.717, 1.165) is 10.6 Å². The lowest BCUT2D eigenvalue weighted by atomic mass is 10.1. The lowest BCUT2D eigenvalue weighted by molar-refractivity contribution is -0.171. The van der Waals surface area contributed by atoms with Crippen LogP contribution in [0.1, 0.15) is 60.1 Å². The third-order valence-corrected chi connectivity index (χ3v) is 8.61. The summed E-state index contributed by atoms with van der Waals surface area (Å²) in [7, 11) is -4.17. The molecule has 1 fully saturated rings. The summed E-state index contributed by atoms with van der Waals surface area (Å²) in [4.78, 5) is 73.3. The number of ether oxygens (including phenoxy) is 6. The summed E-state index contributed by atoms with van der Waals surface area (Å²) in [5.74, 6) is -3.14. The van der Waals surface area contributed by atoms with E-state index in [9.17, 15) is 33.3 Å². The first-order valence-electron chi connectivity index (χ1n) is 16.2. The SMILES string of the molecule is CCCC(=O)OCOC(=O)COCC(=O)OCn1c(=O)ccn([C@@H]2O[C@H](COP(=O)(N[C@@H](C)C(=O)OC(C)C)Oc3ccccc3)C[C@@H]2C)c1=O. The first-order valence-corrected chi connectivity index (χ1v) is 17.7. The molecule has 282 valence electrons. The van der Waals surface area contributed by atoms with E-state index in [4.69, 9.17) is 28.0 Å². The number of esters is 4. The van der Waals surface area contributed by atoms with Crippen LogP contribution in [-0.4, -0.2) is 77.9 Å². The number of aromatic nitrogens is 2. The molecule has 0 bridgehead atoms. The van der Waals surface area contributed by atoms with Crippen LogP contribution in [0, 0.1) is 5.92 Å². The van der Waals surface area contributed by atoms with Crippen molar-refractivity contribution in [3.63, 3.8) is 0 Å². The van der Waals surface area contributed by atoms with Gasteiger partial charge < -0.3 is 32.9 Å². The van der Waals surface area contributed by atoms with E-state index >= 15 is 0 Å². The zero-order chi connectivity index (χ0) is 37.6. The molecule has 19 heteroatoms. The molecule has 0 radical (unpaired) electrons. The molecule has 3 rings (SSSR count). The average molecular weight is 742 g/mol. The standard InChI is InChI=1S/C32H44N3O15P/c1-6-10-27(37)45-20-46-29(39)18-43-17-28(38)44-19-35-26(36)13-14-34(32(35)41)30-22(4)15-25(49-30)16-47-51(42,50-24-11-8-7-9-12-24)33-23(5)31(40)48-21(2)3/h7-9,11-14,21-23,25,30H,6,10,15-20H2,1-5H3,(H,33,42)/t22-,23-,25-,30+,51?/m0/s1. The molecule has 1 aliphatic rings. The number of carbonyl (C=O) groups is 4. The smallest absolute Gasteiger partial charge is 0.459 e. The molecule has 1 aromatic heterocycles. The Morgan fingerprint density at radius 3 is 2.31 bits per heavy atom. The van der Waals surface area contributed by atoms with Gasteiger partial charge in [-0.05, 0) is 45.7 Å². The highest BCUT2D eigenvalue weighted by Gasteiger charge is 2.38. The van der Waals surface area contributed by atoms with Crippen molar-refractivity contribution in [2.75, 3.05) is 26.6 Å². The van der Waals surface area contributed by atoms with Gasteiger partial charge in [-0.3, -0.25) is 23.5 Å². The minimum atomic E-state index is -4.17. The van der Waals surface area contributed by atoms with Gasteiger partial charge in [0.1, 0.15) is 31.2 Å². The van der Waals surface area contributed by atoms with Crippen LogP contribution in [0.15, 0.2) is 52.2 Å². The highest BCUT2D eigenvalue weighted by atomic mass is 31.2. The summed E-state index contributed by atoms with van der Waals surface area (Å²) in [6, 6.07) is 8.27. The summed E-state index contributed by atoms with van der Waals surface area (Å²) >= 11 is 0. The first-order chi connectivity index (χ1) is 24.2. The Morgan fingerprint density at radius 2 is 1.65 bits per heavy atom. The van der Waals surface area contributed by atoms with Gasteiger partial charge in [-0.1, -0.05) is 32.0 Å². The van der Waals surface area contributed by atoms with Crippen LogP contribution in [0.5, 0.6) is 5.75 Å². The first kappa shape index (κ1) is 41.1. The Kier molecular flexibility index (Phi) is 16.0. The number of para-hydroxylation sites is 1. The normalized spacial score (nSPS) is 18.7. The summed E-state index contributed by atoms with van der Waals surface area (Å²) in [5, 5.41) is 2.60. The molecule has 1 aromatic carbocycles. The number of nitrogens with zero attached hydrogens (tertiary/aromatic N) is 2. The fourth-order valence-electron chi connectivity index (χ4n) is 4.60. The number of carbonyl (C=O) groups excluding carboxylic acids is 4. The number of nitrogens with one attached hydrogen (secondary N) is 1. The molecule has 2 aromatic rings. The van der Waals surface area contributed by atoms with E-state index in [-0.39, 0.29) is 24.7 Å². The summed E-state index contributed by atoms with van der Waals surface area (Å²) in [6.45, 7) is 5.45. The topological polar surface area (TPSA) is 215 Å². The Morgan fingerprint density at radius 1 is 0.980 bits per heavy atom. The Labute approximate surface area is 293 Å². The highest BCUT2D eigenvalue weighted by molar-refractivity contribution is 7.52. The molecule has 0 spiro atoms. The quantitative estimate of drug-likeness (QED) is 0.0892. The number of benzene rings is 1. The van der Waals surface area contributed by atoms with Gasteiger partial charge in [0.25, 0.3) is 5.56 Å². The Balaban J connectivity index is 1.58. The van der Waals surface area contributed by atoms with Crippen LogP contribution < -0.4 is 20.9 Å². The molecule has 0 amide bonds. The number of hydrogen-bond acceptors (Lipinski definition) is 15. The number of hydrogen-bond donors (Lipinski definition) is 1. The van der Waals surface area contributed by atoms with Gasteiger partial charge in [0.15, 0.2) is 6.73 Å². The minimum Gasteiger partial charge on any atom is -0.462 e. The Bertz CT molecular complexity index is 1640. The second-order valence-electron chi connectivity index (χ2n) is 11.7. The third kappa shape index (κ3) is 13.4. The number of rotatable bonds is 20. The van der Waals surface area contributed by atoms with E-state index in [1.165, 1.54) is 13.1 Å². The fourth-order valence-corrected chi connectivity index (χ4v) is 6.12. The van der Waals surface area contributed by atoms with Gasteiger partial charge >= 0.3 is 37.3 Å². The molecule has 1 unspecified atom stereocenters. The van der Waals surface area contributed by atoms with Gasteiger partial charge in [0.05, 0.1) is 18.8 Å². The van der Waals surface area contributed by atoms with Crippen molar-refractivity contribution in [1.29, 1.82) is 0 Å². The molecule has 0 saturated carbocycles. The Hall–Kier alpha value is -4.35. The second kappa shape index (κ2) is 19.9. The molecule has 1 aliphatic heterocycles. The maximum Gasteiger partial charge on any atom is 0.459 e. The van der Waals surface area contributed by atoms with Crippen LogP contribution in [0.2, 0.25) is 0 Å². The van der Waals surface area contributed by atoms with Crippen molar-refractivity contribution in [2.24, 2.45) is 5.92 Å². The summed E-state index contributed by atoms with van der Waals surface area (Å²) < 4.78 is 57.5. The van der Waals surface area contributed by atoms with E-state index in [2.05, 4.69) is 14.6 Å². The molecule has 5 atom stereocenters. The zero-order valence-corrected chi connectivity index (χ0v) is 29.9. The maximum atomic E-state index is 13.8. The predicted octanol–water partition coefficient (Wildman–Crippen LogP) is 2.43. The van der Waals surface area contributed by atoms with Gasteiger partial charge in [-0.25, -0.2) is 23.5 Å². The molecule has 2 heterocycles. The van der Waals surface area contributed by atoms with Crippen molar-refractivity contribution in [1.82, 2.24) is 14.2 Å². The van der Waals surface area contributed by atoms with Crippen molar-refractivity contribution in [2.45, 2.75) is 85.1 Å². The van der Waals surface area contributed by atoms with Gasteiger partial charge in [-0.2, -0.15) is 5.09 Å². The van der Waals surface area contributed by atoms with Crippen LogP contribution in [0.25, 0.3) is 0 Å². The molecular formula is C32H44N3O15P. The van der Waals surface area contributed by atoms with Crippen molar-refractivity contribution in [3.8, 4) is 5.75 Å². The largest absolute Gasteiger partial charge is 0.462 e. The van der Waals surface area contributed by atoms with E-state index in [1.807, 2.05) is 0 Å². The van der Waals surface area contributed by atoms with E-state index < -0.39 is 94.1 Å². The molecule has 1 saturated heterocycles. The molecule has 0 aliphatic carbocycles. The van der Waals surface area contributed by atoms with Crippen LogP contribution in [0.4, 0.5) is 0 Å². The van der Waals surface area contributed by atoms with Crippen LogP contribution in [0.3, 0.4) is 0 Å². The van der Waals surface area contributed by atoms with Crippen LogP contribution >= 0.6 is 7.75 Å². The molecule has 51 heavy (non-hydrogen) atoms. The van der Waals surface area contributed by atoms with Crippen molar-refractivity contribution >= 4 is 31.6 Å². The zero-order valence-electron chi connectivity index (χ0n) is 29.1. The van der Waals surface area contributed by atoms with Gasteiger partial charge in [-0.15, -0.1) is 0 Å². The predicted molar refractivity (Wildman–Crippen MR) is 176 cm³/mol. The fraction of sp³-hybridized carbons (Fsp3) is 0.562. The van der Waals surface area contributed by atoms with Gasteiger partial charge in [0.2, 0.25) is 6.79 Å². The van der Waals surface area contributed by atoms with Crippen LogP contribution in [-0.2, 0) is 63.4 Å². The van der Waals surface area contributed by atoms with Crippen molar-refractivity contribution < 1.29 is 61.2 Å². The summed E-state index contributed by atoms with van der Waals surface area (Å²) in [5.41, 5.74) is -1.60. The lowest BCUT2D eigenvalue weighted by Gasteiger charge is -2.24. The van der Waals surface area contributed by atoms with E-state index in [1.54, 1.807) is 58.0 Å². The van der Waals surface area contributed by atoms with Crippen molar-refractivity contribution in [3.05, 3.63) is 63.4 Å². The lowest BCUT2D eigenvalue weighted by Crippen LogP contribution is -2.42. The van der Waals surface area contributed by atoms with E-state index in [0.29, 0.717) is 17.4 Å². The highest BCUT2D eigenvalue weighted by Crippen LogP contribution is 2.46. The second-order valence-corrected chi connectivity index (χ2v) is 13.4. The monoisotopic (exact) mass is 741 g/mol.